The van der Waals surface area contributed by atoms with Gasteiger partial charge in [-0.3, -0.25) is 4.98 Å². The molecule has 0 spiro atoms. The molecule has 2 aromatic heterocycles. The third-order valence-electron chi connectivity index (χ3n) is 5.84. The fourth-order valence-corrected chi connectivity index (χ4v) is 4.66. The first-order chi connectivity index (χ1) is 15.7. The van der Waals surface area contributed by atoms with E-state index in [4.69, 9.17) is 17.0 Å². The van der Waals surface area contributed by atoms with Crippen LogP contribution in [0.25, 0.3) is 5.69 Å². The molecule has 1 aliphatic rings. The number of nitrogens with one attached hydrogen (secondary N) is 1. The summed E-state index contributed by atoms with van der Waals surface area (Å²) in [6, 6.07) is 26.5. The van der Waals surface area contributed by atoms with E-state index >= 15 is 0 Å². The van der Waals surface area contributed by atoms with Crippen LogP contribution in [-0.4, -0.2) is 21.8 Å². The van der Waals surface area contributed by atoms with E-state index < -0.39 is 0 Å². The number of nitrogens with zero attached hydrogens (tertiary/aromatic N) is 3. The lowest BCUT2D eigenvalue weighted by atomic mass is 10.0. The topological polar surface area (TPSA) is 42.3 Å². The lowest BCUT2D eigenvalue weighted by Crippen LogP contribution is -2.30. The Labute approximate surface area is 193 Å². The van der Waals surface area contributed by atoms with Crippen LogP contribution in [0, 0.1) is 6.92 Å². The van der Waals surface area contributed by atoms with Crippen molar-refractivity contribution in [1.82, 2.24) is 14.9 Å². The van der Waals surface area contributed by atoms with Crippen LogP contribution in [0.15, 0.2) is 91.3 Å². The van der Waals surface area contributed by atoms with Crippen LogP contribution in [0.5, 0.6) is 5.75 Å². The van der Waals surface area contributed by atoms with Crippen molar-refractivity contribution in [1.29, 1.82) is 0 Å². The van der Waals surface area contributed by atoms with Gasteiger partial charge in [-0.15, -0.1) is 0 Å². The minimum atomic E-state index is -0.120. The Morgan fingerprint density at radius 2 is 1.72 bits per heavy atom. The molecule has 2 atom stereocenters. The van der Waals surface area contributed by atoms with Gasteiger partial charge in [0.05, 0.1) is 24.5 Å². The lowest BCUT2D eigenvalue weighted by Gasteiger charge is -2.30. The maximum absolute atomic E-state index is 5.86. The van der Waals surface area contributed by atoms with E-state index in [-0.39, 0.29) is 12.1 Å². The van der Waals surface area contributed by atoms with Crippen molar-refractivity contribution in [2.45, 2.75) is 19.0 Å². The van der Waals surface area contributed by atoms with E-state index in [9.17, 15) is 0 Å². The van der Waals surface area contributed by atoms with Gasteiger partial charge in [0.25, 0.3) is 0 Å². The number of benzene rings is 2. The molecule has 5 nitrogen and oxygen atoms in total. The number of methoxy groups -OCH3 is 1. The Kier molecular flexibility index (Phi) is 5.37. The summed E-state index contributed by atoms with van der Waals surface area (Å²) in [4.78, 5) is 6.80. The summed E-state index contributed by atoms with van der Waals surface area (Å²) in [7, 11) is 1.69. The van der Waals surface area contributed by atoms with Crippen LogP contribution in [0.4, 0.5) is 5.69 Å². The predicted molar refractivity (Wildman–Crippen MR) is 131 cm³/mol. The fourth-order valence-electron chi connectivity index (χ4n) is 4.32. The summed E-state index contributed by atoms with van der Waals surface area (Å²) in [6.07, 6.45) is 3.92. The zero-order valence-corrected chi connectivity index (χ0v) is 18.8. The summed E-state index contributed by atoms with van der Waals surface area (Å²) < 4.78 is 7.91. The Hall–Kier alpha value is -3.64. The van der Waals surface area contributed by atoms with Gasteiger partial charge in [0.2, 0.25) is 0 Å². The molecule has 160 valence electrons. The Morgan fingerprint density at radius 3 is 2.47 bits per heavy atom. The highest BCUT2D eigenvalue weighted by Crippen LogP contribution is 2.44. The second kappa shape index (κ2) is 8.48. The van der Waals surface area contributed by atoms with E-state index in [1.54, 1.807) is 7.11 Å². The van der Waals surface area contributed by atoms with E-state index in [1.807, 2.05) is 48.7 Å². The molecule has 0 bridgehead atoms. The van der Waals surface area contributed by atoms with Gasteiger partial charge in [0.15, 0.2) is 5.11 Å². The zero-order chi connectivity index (χ0) is 22.1. The van der Waals surface area contributed by atoms with Crippen molar-refractivity contribution in [3.05, 3.63) is 108 Å². The van der Waals surface area contributed by atoms with Crippen LogP contribution in [0.1, 0.15) is 29.0 Å². The van der Waals surface area contributed by atoms with E-state index in [0.29, 0.717) is 5.11 Å². The molecule has 0 unspecified atom stereocenters. The predicted octanol–water partition coefficient (Wildman–Crippen LogP) is 5.37. The summed E-state index contributed by atoms with van der Waals surface area (Å²) in [5.74, 6) is 0.775. The van der Waals surface area contributed by atoms with Crippen molar-refractivity contribution in [3.63, 3.8) is 0 Å². The molecule has 5 rings (SSSR count). The number of para-hydroxylation sites is 2. The molecule has 4 aromatic rings. The van der Waals surface area contributed by atoms with E-state index in [2.05, 4.69) is 69.3 Å². The summed E-state index contributed by atoms with van der Waals surface area (Å²) in [6.45, 7) is 2.10. The maximum atomic E-state index is 5.86. The average Bonchev–Trinajstić information content (AvgIpc) is 3.44. The summed E-state index contributed by atoms with van der Waals surface area (Å²) in [5, 5.41) is 4.17. The molecule has 32 heavy (non-hydrogen) atoms. The minimum Gasteiger partial charge on any atom is -0.495 e. The summed E-state index contributed by atoms with van der Waals surface area (Å²) >= 11 is 5.86. The highest BCUT2D eigenvalue weighted by molar-refractivity contribution is 7.80. The fraction of sp³-hybridized carbons (Fsp3) is 0.154. The quantitative estimate of drug-likeness (QED) is 0.423. The third-order valence-corrected chi connectivity index (χ3v) is 6.15. The number of anilines is 1. The van der Waals surface area contributed by atoms with Crippen molar-refractivity contribution in [3.8, 4) is 11.4 Å². The molecular formula is C26H24N4OS. The Balaban J connectivity index is 1.68. The van der Waals surface area contributed by atoms with Gasteiger partial charge < -0.3 is 19.5 Å². The molecule has 1 aliphatic heterocycles. The highest BCUT2D eigenvalue weighted by atomic mass is 32.1. The van der Waals surface area contributed by atoms with Gasteiger partial charge in [-0.1, -0.05) is 35.9 Å². The number of aromatic nitrogens is 2. The van der Waals surface area contributed by atoms with E-state index in [0.717, 1.165) is 28.5 Å². The lowest BCUT2D eigenvalue weighted by molar-refractivity contribution is 0.414. The van der Waals surface area contributed by atoms with Crippen molar-refractivity contribution < 1.29 is 4.74 Å². The number of pyridine rings is 1. The third kappa shape index (κ3) is 3.52. The number of hydrogen-bond acceptors (Lipinski definition) is 3. The van der Waals surface area contributed by atoms with Gasteiger partial charge in [0, 0.05) is 23.8 Å². The maximum Gasteiger partial charge on any atom is 0.174 e. The molecule has 6 heteroatoms. The standard InChI is InChI=1S/C26H24N4OS/c1-18-12-14-19(15-13-18)29-17-7-10-22(29)25-24(20-8-5-6-16-27-20)28-26(32)30(25)21-9-3-4-11-23(21)31-2/h3-17,24-25H,1-2H3,(H,28,32)/t24-,25+/m1/s1. The smallest absolute Gasteiger partial charge is 0.174 e. The van der Waals surface area contributed by atoms with Crippen molar-refractivity contribution in [2.24, 2.45) is 0 Å². The Morgan fingerprint density at radius 1 is 0.938 bits per heavy atom. The van der Waals surface area contributed by atoms with Gasteiger partial charge in [0.1, 0.15) is 11.8 Å². The van der Waals surface area contributed by atoms with Gasteiger partial charge in [-0.25, -0.2) is 0 Å². The minimum absolute atomic E-state index is 0.118. The number of ether oxygens (including phenoxy) is 1. The molecule has 0 aliphatic carbocycles. The first-order valence-electron chi connectivity index (χ1n) is 10.6. The van der Waals surface area contributed by atoms with Gasteiger partial charge >= 0.3 is 0 Å². The average molecular weight is 441 g/mol. The monoisotopic (exact) mass is 440 g/mol. The van der Waals surface area contributed by atoms with Gasteiger partial charge in [-0.05, 0) is 67.7 Å². The second-order valence-electron chi connectivity index (χ2n) is 7.81. The van der Waals surface area contributed by atoms with E-state index in [1.165, 1.54) is 5.56 Å². The van der Waals surface area contributed by atoms with Crippen LogP contribution in [0.2, 0.25) is 0 Å². The first kappa shape index (κ1) is 20.3. The van der Waals surface area contributed by atoms with Crippen LogP contribution >= 0.6 is 12.2 Å². The van der Waals surface area contributed by atoms with Crippen molar-refractivity contribution in [2.75, 3.05) is 12.0 Å². The van der Waals surface area contributed by atoms with Crippen molar-refractivity contribution >= 4 is 23.0 Å². The molecule has 0 saturated carbocycles. The number of aryl methyl sites for hydroxylation is 1. The Bertz CT molecular complexity index is 1240. The first-order valence-corrected chi connectivity index (χ1v) is 11.0. The molecule has 0 radical (unpaired) electrons. The largest absolute Gasteiger partial charge is 0.495 e. The molecule has 1 fully saturated rings. The molecule has 1 N–H and O–H groups in total. The van der Waals surface area contributed by atoms with Crippen LogP contribution in [-0.2, 0) is 0 Å². The molecule has 3 heterocycles. The summed E-state index contributed by atoms with van der Waals surface area (Å²) in [5.41, 5.74) is 5.31. The highest BCUT2D eigenvalue weighted by Gasteiger charge is 2.43. The number of thiocarbonyl (C=S) groups is 1. The molecule has 2 aromatic carbocycles. The van der Waals surface area contributed by atoms with Gasteiger partial charge in [-0.2, -0.15) is 0 Å². The molecule has 1 saturated heterocycles. The molecular weight excluding hydrogens is 416 g/mol. The van der Waals surface area contributed by atoms with Crippen LogP contribution in [0.3, 0.4) is 0 Å². The zero-order valence-electron chi connectivity index (χ0n) is 18.0. The SMILES string of the molecule is COc1ccccc1N1C(=S)N[C@H](c2ccccn2)[C@@H]1c1cccn1-c1ccc(C)cc1. The molecule has 0 amide bonds. The number of hydrogen-bond donors (Lipinski definition) is 1. The second-order valence-corrected chi connectivity index (χ2v) is 8.19. The normalized spacial score (nSPS) is 17.9. The number of rotatable bonds is 5. The van der Waals surface area contributed by atoms with Crippen LogP contribution < -0.4 is 15.0 Å².